The summed E-state index contributed by atoms with van der Waals surface area (Å²) in [7, 11) is 1.49. The van der Waals surface area contributed by atoms with Gasteiger partial charge in [-0.2, -0.15) is 0 Å². The van der Waals surface area contributed by atoms with E-state index in [4.69, 9.17) is 4.74 Å². The van der Waals surface area contributed by atoms with E-state index in [2.05, 4.69) is 4.98 Å². The lowest BCUT2D eigenvalue weighted by Gasteiger charge is -2.18. The van der Waals surface area contributed by atoms with Crippen LogP contribution < -0.4 is 14.9 Å². The quantitative estimate of drug-likeness (QED) is 0.698. The van der Waals surface area contributed by atoms with E-state index < -0.39 is 17.6 Å². The van der Waals surface area contributed by atoms with Crippen molar-refractivity contribution < 1.29 is 24.5 Å². The second-order valence-electron chi connectivity index (χ2n) is 5.03. The lowest BCUT2D eigenvalue weighted by Crippen LogP contribution is -2.28. The molecule has 2 aromatic carbocycles. The maximum atomic E-state index is 11.7. The minimum Gasteiger partial charge on any atom is -0.545 e. The van der Waals surface area contributed by atoms with Gasteiger partial charge in [0.25, 0.3) is 0 Å². The van der Waals surface area contributed by atoms with Crippen molar-refractivity contribution in [1.29, 1.82) is 0 Å². The van der Waals surface area contributed by atoms with Crippen LogP contribution in [0.15, 0.2) is 48.5 Å². The monoisotopic (exact) mass is 321 g/mol. The maximum absolute atomic E-state index is 11.7. The Kier molecular flexibility index (Phi) is 3.87. The highest BCUT2D eigenvalue weighted by molar-refractivity contribution is 6.12. The summed E-state index contributed by atoms with van der Waals surface area (Å²) in [6.07, 6.45) is 0. The molecule has 24 heavy (non-hydrogen) atoms. The van der Waals surface area contributed by atoms with Gasteiger partial charge in [0.05, 0.1) is 30.3 Å². The number of aromatic carboxylic acids is 2. The molecule has 0 amide bonds. The molecular formula is C18H11NO5-2. The number of benzene rings is 2. The molecular weight excluding hydrogens is 310 g/mol. The summed E-state index contributed by atoms with van der Waals surface area (Å²) >= 11 is 0. The van der Waals surface area contributed by atoms with Gasteiger partial charge >= 0.3 is 0 Å². The van der Waals surface area contributed by atoms with Crippen molar-refractivity contribution in [2.45, 2.75) is 0 Å². The molecule has 6 nitrogen and oxygen atoms in total. The third-order valence-electron chi connectivity index (χ3n) is 3.67. The van der Waals surface area contributed by atoms with Crippen LogP contribution in [0.1, 0.15) is 20.8 Å². The first-order valence-electron chi connectivity index (χ1n) is 7.02. The normalized spacial score (nSPS) is 10.5. The average molecular weight is 321 g/mol. The minimum absolute atomic E-state index is 0.0450. The molecule has 0 N–H and O–H groups in total. The van der Waals surface area contributed by atoms with Crippen LogP contribution >= 0.6 is 0 Å². The molecule has 0 fully saturated rings. The van der Waals surface area contributed by atoms with Gasteiger partial charge in [0.2, 0.25) is 0 Å². The highest BCUT2D eigenvalue weighted by Gasteiger charge is 2.18. The first-order chi connectivity index (χ1) is 11.5. The molecule has 0 saturated carbocycles. The number of ether oxygens (including phenoxy) is 1. The number of pyridine rings is 1. The predicted molar refractivity (Wildman–Crippen MR) is 82.4 cm³/mol. The number of hydrogen-bond acceptors (Lipinski definition) is 6. The number of para-hydroxylation sites is 1. The molecule has 0 spiro atoms. The highest BCUT2D eigenvalue weighted by atomic mass is 16.5. The molecule has 1 aromatic heterocycles. The molecule has 0 aliphatic heterocycles. The Bertz CT molecular complexity index is 948. The van der Waals surface area contributed by atoms with E-state index in [1.54, 1.807) is 42.5 Å². The molecule has 0 atom stereocenters. The van der Waals surface area contributed by atoms with Crippen molar-refractivity contribution in [3.05, 3.63) is 59.8 Å². The van der Waals surface area contributed by atoms with Crippen molar-refractivity contribution in [3.8, 4) is 16.9 Å². The first kappa shape index (κ1) is 15.5. The predicted octanol–water partition coefficient (Wildman–Crippen LogP) is 0.637. The van der Waals surface area contributed by atoms with E-state index in [1.807, 2.05) is 0 Å². The zero-order valence-corrected chi connectivity index (χ0v) is 12.6. The van der Waals surface area contributed by atoms with E-state index >= 15 is 0 Å². The molecule has 3 rings (SSSR count). The van der Waals surface area contributed by atoms with E-state index in [9.17, 15) is 19.8 Å². The molecule has 0 aliphatic rings. The number of nitrogens with zero attached hydrogens (tertiary/aromatic N) is 1. The Hall–Kier alpha value is -3.41. The summed E-state index contributed by atoms with van der Waals surface area (Å²) in [6.45, 7) is 0. The van der Waals surface area contributed by atoms with Gasteiger partial charge in [-0.15, -0.1) is 0 Å². The molecule has 0 aliphatic carbocycles. The summed E-state index contributed by atoms with van der Waals surface area (Å²) in [6, 6.07) is 12.7. The van der Waals surface area contributed by atoms with Gasteiger partial charge in [0.1, 0.15) is 5.75 Å². The Labute approximate surface area is 137 Å². The van der Waals surface area contributed by atoms with Crippen LogP contribution in [0, 0.1) is 0 Å². The van der Waals surface area contributed by atoms with Gasteiger partial charge in [0, 0.05) is 16.5 Å². The third kappa shape index (κ3) is 2.54. The Morgan fingerprint density at radius 1 is 0.958 bits per heavy atom. The zero-order valence-electron chi connectivity index (χ0n) is 12.6. The number of aromatic nitrogens is 1. The fraction of sp³-hybridized carbons (Fsp3) is 0.0556. The largest absolute Gasteiger partial charge is 0.545 e. The molecule has 0 saturated heterocycles. The summed E-state index contributed by atoms with van der Waals surface area (Å²) in [5, 5.41) is 23.6. The number of hydrogen-bond donors (Lipinski definition) is 0. The SMILES string of the molecule is COc1ccc(-c2c(C(=O)[O-])nc3ccccc3c2C(=O)[O-])cc1. The fourth-order valence-corrected chi connectivity index (χ4v) is 2.61. The number of carboxylic acids is 2. The fourth-order valence-electron chi connectivity index (χ4n) is 2.61. The van der Waals surface area contributed by atoms with Crippen molar-refractivity contribution in [2.75, 3.05) is 7.11 Å². The van der Waals surface area contributed by atoms with Crippen LogP contribution in [0.4, 0.5) is 0 Å². The number of fused-ring (bicyclic) bond motifs is 1. The number of rotatable bonds is 4. The van der Waals surface area contributed by atoms with Gasteiger partial charge in [-0.05, 0) is 23.8 Å². The van der Waals surface area contributed by atoms with Crippen molar-refractivity contribution in [1.82, 2.24) is 4.98 Å². The molecule has 3 aromatic rings. The van der Waals surface area contributed by atoms with Crippen LogP contribution in [0.25, 0.3) is 22.0 Å². The average Bonchev–Trinajstić information content (AvgIpc) is 2.59. The summed E-state index contributed by atoms with van der Waals surface area (Å²) < 4.78 is 5.06. The maximum Gasteiger partial charge on any atom is 0.118 e. The van der Waals surface area contributed by atoms with Crippen molar-refractivity contribution in [2.24, 2.45) is 0 Å². The van der Waals surface area contributed by atoms with Gasteiger partial charge in [0.15, 0.2) is 0 Å². The minimum atomic E-state index is -1.56. The van der Waals surface area contributed by atoms with Gasteiger partial charge < -0.3 is 24.5 Å². The Morgan fingerprint density at radius 3 is 2.21 bits per heavy atom. The number of carboxylic acid groups (broad SMARTS) is 2. The van der Waals surface area contributed by atoms with Gasteiger partial charge in [-0.3, -0.25) is 0 Å². The summed E-state index contributed by atoms with van der Waals surface area (Å²) in [4.78, 5) is 27.3. The molecule has 1 heterocycles. The number of methoxy groups -OCH3 is 1. The van der Waals surface area contributed by atoms with Gasteiger partial charge in [-0.1, -0.05) is 30.3 Å². The van der Waals surface area contributed by atoms with Crippen molar-refractivity contribution in [3.63, 3.8) is 0 Å². The second kappa shape index (κ2) is 6.00. The van der Waals surface area contributed by atoms with Crippen LogP contribution in [0.5, 0.6) is 5.75 Å². The lowest BCUT2D eigenvalue weighted by molar-refractivity contribution is -0.255. The summed E-state index contributed by atoms with van der Waals surface area (Å²) in [5.74, 6) is -2.49. The van der Waals surface area contributed by atoms with Crippen LogP contribution in [-0.2, 0) is 0 Å². The zero-order chi connectivity index (χ0) is 17.3. The smallest absolute Gasteiger partial charge is 0.118 e. The van der Waals surface area contributed by atoms with E-state index in [0.717, 1.165) is 0 Å². The van der Waals surface area contributed by atoms with Gasteiger partial charge in [-0.25, -0.2) is 4.98 Å². The van der Waals surface area contributed by atoms with E-state index in [1.165, 1.54) is 13.2 Å². The molecule has 0 radical (unpaired) electrons. The molecule has 0 bridgehead atoms. The van der Waals surface area contributed by atoms with Crippen LogP contribution in [0.3, 0.4) is 0 Å². The molecule has 6 heteroatoms. The van der Waals surface area contributed by atoms with E-state index in [0.29, 0.717) is 16.7 Å². The Balaban J connectivity index is 2.42. The standard InChI is InChI=1S/C18H13NO5/c1-24-11-8-6-10(7-9-11)14-15(17(20)21)12-4-2-3-5-13(12)19-16(14)18(22)23/h2-9H,1H3,(H,20,21)(H,22,23)/p-2. The van der Waals surface area contributed by atoms with Crippen LogP contribution in [-0.4, -0.2) is 24.0 Å². The lowest BCUT2D eigenvalue weighted by atomic mass is 9.94. The topological polar surface area (TPSA) is 102 Å². The summed E-state index contributed by atoms with van der Waals surface area (Å²) in [5.41, 5.74) is -0.111. The molecule has 0 unspecified atom stereocenters. The number of carbonyl (C=O) groups excluding carboxylic acids is 2. The third-order valence-corrected chi connectivity index (χ3v) is 3.67. The Morgan fingerprint density at radius 2 is 1.62 bits per heavy atom. The van der Waals surface area contributed by atoms with E-state index in [-0.39, 0.29) is 16.6 Å². The van der Waals surface area contributed by atoms with Crippen molar-refractivity contribution >= 4 is 22.8 Å². The highest BCUT2D eigenvalue weighted by Crippen LogP contribution is 2.32. The second-order valence-corrected chi connectivity index (χ2v) is 5.03. The van der Waals surface area contributed by atoms with Crippen LogP contribution in [0.2, 0.25) is 0 Å². The number of carbonyl (C=O) groups is 2. The first-order valence-corrected chi connectivity index (χ1v) is 7.02. The molecule has 120 valence electrons.